The third kappa shape index (κ3) is 4.54. The van der Waals surface area contributed by atoms with Gasteiger partial charge in [-0.3, -0.25) is 9.59 Å². The van der Waals surface area contributed by atoms with Crippen LogP contribution in [0.15, 0.2) is 42.5 Å². The average Bonchev–Trinajstić information content (AvgIpc) is 2.68. The minimum Gasteiger partial charge on any atom is -0.370 e. The number of amides is 2. The molecule has 1 aliphatic rings. The molecular weight excluding hydrogens is 364 g/mol. The van der Waals surface area contributed by atoms with Crippen molar-refractivity contribution in [2.75, 3.05) is 23.3 Å². The zero-order valence-corrected chi connectivity index (χ0v) is 15.3. The van der Waals surface area contributed by atoms with Gasteiger partial charge in [0, 0.05) is 30.3 Å². The fourth-order valence-electron chi connectivity index (χ4n) is 3.20. The molecule has 146 valence electrons. The number of piperidine rings is 1. The number of hydrogen-bond acceptors (Lipinski definition) is 3. The Labute approximate surface area is 161 Å². The second-order valence-electron chi connectivity index (χ2n) is 6.60. The first-order chi connectivity index (χ1) is 13.5. The minimum absolute atomic E-state index is 0.264. The smallest absolute Gasteiger partial charge is 0.248 e. The van der Waals surface area contributed by atoms with Gasteiger partial charge in [-0.25, -0.2) is 8.78 Å². The van der Waals surface area contributed by atoms with Gasteiger partial charge < -0.3 is 16.0 Å². The topological polar surface area (TPSA) is 75.4 Å². The second-order valence-corrected chi connectivity index (χ2v) is 6.60. The number of anilines is 2. The molecular formula is C21H21F2N3O2. The Morgan fingerprint density at radius 1 is 1.04 bits per heavy atom. The molecule has 2 amide bonds. The number of hydrogen-bond donors (Lipinski definition) is 2. The molecule has 2 aromatic rings. The van der Waals surface area contributed by atoms with Crippen molar-refractivity contribution in [3.63, 3.8) is 0 Å². The van der Waals surface area contributed by atoms with E-state index in [9.17, 15) is 18.4 Å². The van der Waals surface area contributed by atoms with E-state index in [1.165, 1.54) is 12.1 Å². The fourth-order valence-corrected chi connectivity index (χ4v) is 3.20. The Morgan fingerprint density at radius 2 is 1.71 bits per heavy atom. The van der Waals surface area contributed by atoms with Crippen molar-refractivity contribution in [2.45, 2.75) is 19.3 Å². The van der Waals surface area contributed by atoms with Crippen molar-refractivity contribution in [3.8, 4) is 0 Å². The van der Waals surface area contributed by atoms with E-state index in [2.05, 4.69) is 10.2 Å². The number of rotatable bonds is 5. The molecule has 3 N–H and O–H groups in total. The van der Waals surface area contributed by atoms with Crippen LogP contribution in [0, 0.1) is 11.6 Å². The summed E-state index contributed by atoms with van der Waals surface area (Å²) in [7, 11) is 0. The van der Waals surface area contributed by atoms with Crippen molar-refractivity contribution in [2.24, 2.45) is 5.73 Å². The van der Waals surface area contributed by atoms with Crippen LogP contribution in [0.2, 0.25) is 0 Å². The highest BCUT2D eigenvalue weighted by Gasteiger charge is 2.17. The van der Waals surface area contributed by atoms with Gasteiger partial charge in [0.15, 0.2) is 0 Å². The highest BCUT2D eigenvalue weighted by atomic mass is 19.1. The van der Waals surface area contributed by atoms with Crippen LogP contribution in [0.1, 0.15) is 35.2 Å². The van der Waals surface area contributed by atoms with Gasteiger partial charge >= 0.3 is 0 Å². The van der Waals surface area contributed by atoms with E-state index < -0.39 is 23.4 Å². The third-order valence-electron chi connectivity index (χ3n) is 4.64. The summed E-state index contributed by atoms with van der Waals surface area (Å²) in [6.07, 6.45) is 5.36. The normalized spacial score (nSPS) is 14.3. The van der Waals surface area contributed by atoms with Crippen LogP contribution in [-0.2, 0) is 4.79 Å². The molecule has 1 aliphatic heterocycles. The molecule has 3 rings (SSSR count). The predicted octanol–water partition coefficient (Wildman–Crippen LogP) is 3.71. The number of nitrogens with one attached hydrogen (secondary N) is 1. The Balaban J connectivity index is 1.84. The molecule has 7 heteroatoms. The van der Waals surface area contributed by atoms with E-state index in [-0.39, 0.29) is 11.1 Å². The van der Waals surface area contributed by atoms with Crippen LogP contribution in [0.25, 0.3) is 6.08 Å². The molecule has 0 aromatic heterocycles. The number of nitrogens with two attached hydrogens (primary N) is 1. The highest BCUT2D eigenvalue weighted by molar-refractivity contribution is 6.05. The van der Waals surface area contributed by atoms with E-state index in [1.54, 1.807) is 12.1 Å². The summed E-state index contributed by atoms with van der Waals surface area (Å²) in [5.74, 6) is -2.69. The molecule has 2 aromatic carbocycles. The summed E-state index contributed by atoms with van der Waals surface area (Å²) in [5, 5.41) is 2.69. The van der Waals surface area contributed by atoms with Crippen LogP contribution in [0.5, 0.6) is 0 Å². The van der Waals surface area contributed by atoms with Crippen molar-refractivity contribution in [1.29, 1.82) is 0 Å². The SMILES string of the molecule is NC(=O)c1ccc(N2CCCCC2)c(NC(=O)C=Cc2c(F)cccc2F)c1. The lowest BCUT2D eigenvalue weighted by molar-refractivity contribution is -0.111. The molecule has 0 atom stereocenters. The van der Waals surface area contributed by atoms with Crippen molar-refractivity contribution < 1.29 is 18.4 Å². The maximum atomic E-state index is 13.7. The first-order valence-electron chi connectivity index (χ1n) is 9.07. The molecule has 0 aliphatic carbocycles. The van der Waals surface area contributed by atoms with E-state index in [4.69, 9.17) is 5.73 Å². The second kappa shape index (κ2) is 8.65. The summed E-state index contributed by atoms with van der Waals surface area (Å²) < 4.78 is 27.4. The number of carbonyl (C=O) groups excluding carboxylic acids is 2. The molecule has 1 heterocycles. The van der Waals surface area contributed by atoms with Gasteiger partial charge in [0.1, 0.15) is 11.6 Å². The molecule has 0 bridgehead atoms. The van der Waals surface area contributed by atoms with Crippen LogP contribution >= 0.6 is 0 Å². The van der Waals surface area contributed by atoms with Gasteiger partial charge in [-0.05, 0) is 55.7 Å². The zero-order valence-electron chi connectivity index (χ0n) is 15.3. The summed E-state index contributed by atoms with van der Waals surface area (Å²) in [6.45, 7) is 1.68. The van der Waals surface area contributed by atoms with Gasteiger partial charge in [0.2, 0.25) is 11.8 Å². The van der Waals surface area contributed by atoms with Crippen molar-refractivity contribution in [3.05, 3.63) is 65.2 Å². The number of benzene rings is 2. The lowest BCUT2D eigenvalue weighted by Crippen LogP contribution is -2.30. The van der Waals surface area contributed by atoms with Crippen LogP contribution < -0.4 is 16.0 Å². The maximum Gasteiger partial charge on any atom is 0.248 e. The van der Waals surface area contributed by atoms with Gasteiger partial charge in [0.05, 0.1) is 11.4 Å². The summed E-state index contributed by atoms with van der Waals surface area (Å²) in [5.41, 5.74) is 6.53. The largest absolute Gasteiger partial charge is 0.370 e. The quantitative estimate of drug-likeness (QED) is 0.771. The van der Waals surface area contributed by atoms with Crippen LogP contribution in [0.4, 0.5) is 20.2 Å². The first kappa shape index (κ1) is 19.5. The van der Waals surface area contributed by atoms with E-state index in [0.29, 0.717) is 5.69 Å². The van der Waals surface area contributed by atoms with Crippen LogP contribution in [-0.4, -0.2) is 24.9 Å². The number of halogens is 2. The predicted molar refractivity (Wildman–Crippen MR) is 105 cm³/mol. The van der Waals surface area contributed by atoms with Gasteiger partial charge in [0.25, 0.3) is 0 Å². The molecule has 1 saturated heterocycles. The summed E-state index contributed by atoms with van der Waals surface area (Å²) >= 11 is 0. The molecule has 5 nitrogen and oxygen atoms in total. The number of carbonyl (C=O) groups is 2. The van der Waals surface area contributed by atoms with Gasteiger partial charge in [-0.1, -0.05) is 6.07 Å². The highest BCUT2D eigenvalue weighted by Crippen LogP contribution is 2.30. The molecule has 1 fully saturated rings. The molecule has 0 spiro atoms. The van der Waals surface area contributed by atoms with Crippen molar-refractivity contribution in [1.82, 2.24) is 0 Å². The van der Waals surface area contributed by atoms with Gasteiger partial charge in [-0.15, -0.1) is 0 Å². The Kier molecular flexibility index (Phi) is 6.03. The summed E-state index contributed by atoms with van der Waals surface area (Å²) in [4.78, 5) is 26.0. The number of nitrogens with zero attached hydrogens (tertiary/aromatic N) is 1. The Hall–Kier alpha value is -3.22. The maximum absolute atomic E-state index is 13.7. The number of primary amides is 1. The minimum atomic E-state index is -0.756. The Morgan fingerprint density at radius 3 is 2.36 bits per heavy atom. The molecule has 0 saturated carbocycles. The lowest BCUT2D eigenvalue weighted by Gasteiger charge is -2.30. The molecule has 0 radical (unpaired) electrons. The lowest BCUT2D eigenvalue weighted by atomic mass is 10.1. The Bertz CT molecular complexity index is 902. The van der Waals surface area contributed by atoms with E-state index >= 15 is 0 Å². The molecule has 28 heavy (non-hydrogen) atoms. The van der Waals surface area contributed by atoms with E-state index in [1.807, 2.05) is 0 Å². The zero-order chi connectivity index (χ0) is 20.1. The van der Waals surface area contributed by atoms with Crippen molar-refractivity contribution >= 4 is 29.3 Å². The molecule has 0 unspecified atom stereocenters. The van der Waals surface area contributed by atoms with E-state index in [0.717, 1.165) is 62.3 Å². The van der Waals surface area contributed by atoms with Crippen LogP contribution in [0.3, 0.4) is 0 Å². The van der Waals surface area contributed by atoms with Gasteiger partial charge in [-0.2, -0.15) is 0 Å². The fraction of sp³-hybridized carbons (Fsp3) is 0.238. The monoisotopic (exact) mass is 385 g/mol. The average molecular weight is 385 g/mol. The summed E-state index contributed by atoms with van der Waals surface area (Å²) in [6, 6.07) is 8.37. The first-order valence-corrected chi connectivity index (χ1v) is 9.07. The standard InChI is InChI=1S/C21H21F2N3O2/c22-16-5-4-6-17(23)15(16)8-10-20(27)25-18-13-14(21(24)28)7-9-19(18)26-11-2-1-3-12-26/h4-10,13H,1-3,11-12H2,(H2,24,28)(H,25,27). The third-order valence-corrected chi connectivity index (χ3v) is 4.64.